The van der Waals surface area contributed by atoms with Crippen molar-refractivity contribution in [3.8, 4) is 0 Å². The van der Waals surface area contributed by atoms with Crippen LogP contribution in [0.5, 0.6) is 0 Å². The molecule has 0 bridgehead atoms. The third-order valence-electron chi connectivity index (χ3n) is 4.17. The van der Waals surface area contributed by atoms with Crippen LogP contribution in [0, 0.1) is 5.92 Å². The average molecular weight is 195 g/mol. The summed E-state index contributed by atoms with van der Waals surface area (Å²) in [5.74, 6) is 0.922. The van der Waals surface area contributed by atoms with E-state index in [1.54, 1.807) is 0 Å². The summed E-state index contributed by atoms with van der Waals surface area (Å²) in [6, 6.07) is 1.70. The molecule has 0 radical (unpaired) electrons. The van der Waals surface area contributed by atoms with Crippen LogP contribution in [0.2, 0.25) is 0 Å². The van der Waals surface area contributed by atoms with Gasteiger partial charge in [-0.3, -0.25) is 0 Å². The van der Waals surface area contributed by atoms with Crippen LogP contribution < -0.4 is 5.32 Å². The van der Waals surface area contributed by atoms with Crippen molar-refractivity contribution in [3.63, 3.8) is 0 Å². The van der Waals surface area contributed by atoms with E-state index in [1.165, 1.54) is 57.8 Å². The number of nitrogens with one attached hydrogen (secondary N) is 1. The van der Waals surface area contributed by atoms with E-state index in [1.807, 2.05) is 0 Å². The fourth-order valence-corrected chi connectivity index (χ4v) is 3.14. The molecule has 0 heterocycles. The second-order valence-corrected chi connectivity index (χ2v) is 5.37. The van der Waals surface area contributed by atoms with Crippen molar-refractivity contribution < 1.29 is 0 Å². The maximum Gasteiger partial charge on any atom is 0.00952 e. The van der Waals surface area contributed by atoms with Gasteiger partial charge in [0.1, 0.15) is 0 Å². The van der Waals surface area contributed by atoms with E-state index in [4.69, 9.17) is 0 Å². The molecule has 2 saturated carbocycles. The van der Waals surface area contributed by atoms with Crippen LogP contribution in [0.1, 0.15) is 64.7 Å². The summed E-state index contributed by atoms with van der Waals surface area (Å²) in [6.45, 7) is 2.43. The van der Waals surface area contributed by atoms with Crippen LogP contribution in [0.3, 0.4) is 0 Å². The lowest BCUT2D eigenvalue weighted by molar-refractivity contribution is 0.235. The van der Waals surface area contributed by atoms with Crippen molar-refractivity contribution in [3.05, 3.63) is 0 Å². The van der Waals surface area contributed by atoms with Crippen molar-refractivity contribution in [2.24, 2.45) is 5.92 Å². The molecule has 0 aliphatic heterocycles. The SMILES string of the molecule is CC1CCCCC1NC1CCCCC1. The first-order chi connectivity index (χ1) is 6.86. The van der Waals surface area contributed by atoms with Crippen LogP contribution in [0.4, 0.5) is 0 Å². The molecule has 1 nitrogen and oxygen atoms in total. The lowest BCUT2D eigenvalue weighted by atomic mass is 9.84. The normalized spacial score (nSPS) is 35.8. The summed E-state index contributed by atoms with van der Waals surface area (Å²) < 4.78 is 0. The standard InChI is InChI=1S/C13H25N/c1-11-7-5-6-10-13(11)14-12-8-3-2-4-9-12/h11-14H,2-10H2,1H3. The van der Waals surface area contributed by atoms with Gasteiger partial charge in [0.2, 0.25) is 0 Å². The van der Waals surface area contributed by atoms with E-state index < -0.39 is 0 Å². The number of hydrogen-bond acceptors (Lipinski definition) is 1. The van der Waals surface area contributed by atoms with E-state index in [0.717, 1.165) is 18.0 Å². The van der Waals surface area contributed by atoms with Crippen molar-refractivity contribution in [1.82, 2.24) is 5.32 Å². The van der Waals surface area contributed by atoms with Gasteiger partial charge < -0.3 is 5.32 Å². The lowest BCUT2D eigenvalue weighted by Crippen LogP contribution is -2.44. The van der Waals surface area contributed by atoms with Gasteiger partial charge in [-0.1, -0.05) is 39.0 Å². The molecule has 2 aliphatic rings. The zero-order valence-electron chi connectivity index (χ0n) is 9.60. The van der Waals surface area contributed by atoms with Gasteiger partial charge in [0.15, 0.2) is 0 Å². The molecule has 0 aromatic heterocycles. The fourth-order valence-electron chi connectivity index (χ4n) is 3.14. The Bertz CT molecular complexity index is 161. The quantitative estimate of drug-likeness (QED) is 0.711. The minimum absolute atomic E-state index is 0.840. The predicted molar refractivity (Wildman–Crippen MR) is 61.4 cm³/mol. The molecule has 0 aromatic rings. The highest BCUT2D eigenvalue weighted by molar-refractivity contribution is 4.83. The first-order valence-corrected chi connectivity index (χ1v) is 6.62. The Balaban J connectivity index is 1.76. The molecule has 82 valence electrons. The van der Waals surface area contributed by atoms with Crippen molar-refractivity contribution in [2.75, 3.05) is 0 Å². The second-order valence-electron chi connectivity index (χ2n) is 5.37. The van der Waals surface area contributed by atoms with Crippen LogP contribution in [-0.2, 0) is 0 Å². The Hall–Kier alpha value is -0.0400. The molecule has 1 N–H and O–H groups in total. The van der Waals surface area contributed by atoms with Gasteiger partial charge in [0.05, 0.1) is 0 Å². The molecule has 0 amide bonds. The third kappa shape index (κ3) is 2.73. The summed E-state index contributed by atoms with van der Waals surface area (Å²) in [6.07, 6.45) is 13.0. The van der Waals surface area contributed by atoms with Gasteiger partial charge in [-0.05, 0) is 31.6 Å². The number of rotatable bonds is 2. The monoisotopic (exact) mass is 195 g/mol. The Kier molecular flexibility index (Phi) is 3.86. The molecule has 0 aromatic carbocycles. The smallest absolute Gasteiger partial charge is 0.00952 e. The van der Waals surface area contributed by atoms with Crippen LogP contribution >= 0.6 is 0 Å². The summed E-state index contributed by atoms with van der Waals surface area (Å²) in [5.41, 5.74) is 0. The molecule has 0 spiro atoms. The second kappa shape index (κ2) is 5.16. The summed E-state index contributed by atoms with van der Waals surface area (Å²) in [5, 5.41) is 3.91. The van der Waals surface area contributed by atoms with Crippen molar-refractivity contribution in [2.45, 2.75) is 76.8 Å². The third-order valence-corrected chi connectivity index (χ3v) is 4.17. The van der Waals surface area contributed by atoms with Crippen LogP contribution in [0.15, 0.2) is 0 Å². The molecule has 2 unspecified atom stereocenters. The minimum atomic E-state index is 0.840. The van der Waals surface area contributed by atoms with E-state index >= 15 is 0 Å². The zero-order valence-corrected chi connectivity index (χ0v) is 9.60. The highest BCUT2D eigenvalue weighted by Gasteiger charge is 2.24. The van der Waals surface area contributed by atoms with Gasteiger partial charge >= 0.3 is 0 Å². The van der Waals surface area contributed by atoms with Gasteiger partial charge in [0, 0.05) is 12.1 Å². The maximum atomic E-state index is 3.91. The fraction of sp³-hybridized carbons (Fsp3) is 1.00. The Morgan fingerprint density at radius 1 is 0.786 bits per heavy atom. The highest BCUT2D eigenvalue weighted by atomic mass is 15.0. The van der Waals surface area contributed by atoms with Gasteiger partial charge in [-0.25, -0.2) is 0 Å². The van der Waals surface area contributed by atoms with Crippen LogP contribution in [0.25, 0.3) is 0 Å². The molecule has 2 aliphatic carbocycles. The van der Waals surface area contributed by atoms with E-state index in [9.17, 15) is 0 Å². The Morgan fingerprint density at radius 2 is 1.43 bits per heavy atom. The lowest BCUT2D eigenvalue weighted by Gasteiger charge is -2.34. The molecule has 2 rings (SSSR count). The molecule has 1 heteroatoms. The molecular weight excluding hydrogens is 170 g/mol. The average Bonchev–Trinajstić information content (AvgIpc) is 2.23. The van der Waals surface area contributed by atoms with Crippen molar-refractivity contribution in [1.29, 1.82) is 0 Å². The zero-order chi connectivity index (χ0) is 9.80. The summed E-state index contributed by atoms with van der Waals surface area (Å²) in [7, 11) is 0. The Labute approximate surface area is 88.7 Å². The molecule has 0 saturated heterocycles. The minimum Gasteiger partial charge on any atom is -0.311 e. The number of hydrogen-bond donors (Lipinski definition) is 1. The van der Waals surface area contributed by atoms with E-state index in [-0.39, 0.29) is 0 Å². The molecule has 2 atom stereocenters. The maximum absolute atomic E-state index is 3.91. The first-order valence-electron chi connectivity index (χ1n) is 6.62. The van der Waals surface area contributed by atoms with Gasteiger partial charge in [-0.2, -0.15) is 0 Å². The van der Waals surface area contributed by atoms with Crippen LogP contribution in [-0.4, -0.2) is 12.1 Å². The van der Waals surface area contributed by atoms with Gasteiger partial charge in [0.25, 0.3) is 0 Å². The molecule has 14 heavy (non-hydrogen) atoms. The predicted octanol–water partition coefficient (Wildman–Crippen LogP) is 3.49. The first kappa shape index (κ1) is 10.5. The largest absolute Gasteiger partial charge is 0.311 e. The van der Waals surface area contributed by atoms with E-state index in [2.05, 4.69) is 12.2 Å². The summed E-state index contributed by atoms with van der Waals surface area (Å²) >= 11 is 0. The topological polar surface area (TPSA) is 12.0 Å². The van der Waals surface area contributed by atoms with Crippen molar-refractivity contribution >= 4 is 0 Å². The molecular formula is C13H25N. The summed E-state index contributed by atoms with van der Waals surface area (Å²) in [4.78, 5) is 0. The highest BCUT2D eigenvalue weighted by Crippen LogP contribution is 2.26. The van der Waals surface area contributed by atoms with E-state index in [0.29, 0.717) is 0 Å². The van der Waals surface area contributed by atoms with Gasteiger partial charge in [-0.15, -0.1) is 0 Å². The molecule has 2 fully saturated rings. The Morgan fingerprint density at radius 3 is 2.14 bits per heavy atom.